The lowest BCUT2D eigenvalue weighted by Gasteiger charge is -1.91. The zero-order valence-corrected chi connectivity index (χ0v) is 6.16. The van der Waals surface area contributed by atoms with Crippen molar-refractivity contribution in [3.8, 4) is 0 Å². The van der Waals surface area contributed by atoms with Crippen LogP contribution in [0.4, 0.5) is 0 Å². The lowest BCUT2D eigenvalue weighted by molar-refractivity contribution is 0.565. The summed E-state index contributed by atoms with van der Waals surface area (Å²) in [7, 11) is 4.54. The first-order valence-corrected chi connectivity index (χ1v) is 2.84. The molecule has 1 aromatic rings. The highest BCUT2D eigenvalue weighted by Crippen LogP contribution is 1.64. The van der Waals surface area contributed by atoms with Crippen LogP contribution in [0.25, 0.3) is 0 Å². The Bertz CT molecular complexity index is 320. The Morgan fingerprint density at radius 3 is 1.30 bits per heavy atom. The lowest BCUT2D eigenvalue weighted by atomic mass is 11.0. The number of aromatic nitrogens is 3. The summed E-state index contributed by atoms with van der Waals surface area (Å²) in [4.78, 5) is 21.8. The summed E-state index contributed by atoms with van der Waals surface area (Å²) in [5.74, 6) is 0. The van der Waals surface area contributed by atoms with E-state index in [-0.39, 0.29) is 11.4 Å². The molecular weight excluding hydrogens is 134 g/mol. The van der Waals surface area contributed by atoms with Crippen molar-refractivity contribution in [2.75, 3.05) is 0 Å². The van der Waals surface area contributed by atoms with E-state index in [4.69, 9.17) is 0 Å². The molecule has 0 atom stereocenters. The molecule has 0 saturated carbocycles. The van der Waals surface area contributed by atoms with Gasteiger partial charge in [-0.2, -0.15) is 0 Å². The molecule has 0 fully saturated rings. The average Bonchev–Trinajstić information content (AvgIpc) is 2.07. The highest BCUT2D eigenvalue weighted by Gasteiger charge is 2.03. The summed E-state index contributed by atoms with van der Waals surface area (Å²) >= 11 is 0. The third-order valence-corrected chi connectivity index (χ3v) is 1.58. The molecule has 0 amide bonds. The minimum absolute atomic E-state index is 0.299. The molecule has 1 heterocycles. The van der Waals surface area contributed by atoms with E-state index in [1.807, 2.05) is 0 Å². The number of hydrogen-bond donors (Lipinski definition) is 0. The minimum Gasteiger partial charge on any atom is -0.246 e. The van der Waals surface area contributed by atoms with Crippen LogP contribution < -0.4 is 11.4 Å². The summed E-state index contributed by atoms with van der Waals surface area (Å²) in [6.07, 6.45) is 0. The Kier molecular flexibility index (Phi) is 1.28. The Morgan fingerprint density at radius 1 is 0.900 bits per heavy atom. The maximum absolute atomic E-state index is 10.9. The smallest absolute Gasteiger partial charge is 0.246 e. The lowest BCUT2D eigenvalue weighted by Crippen LogP contribution is -2.24. The van der Waals surface area contributed by atoms with Gasteiger partial charge in [-0.25, -0.2) is 23.5 Å². The second-order valence-electron chi connectivity index (χ2n) is 2.17. The van der Waals surface area contributed by atoms with Gasteiger partial charge in [0.1, 0.15) is 0 Å². The van der Waals surface area contributed by atoms with Crippen LogP contribution >= 0.6 is 0 Å². The van der Waals surface area contributed by atoms with Gasteiger partial charge in [0.15, 0.2) is 0 Å². The number of rotatable bonds is 0. The summed E-state index contributed by atoms with van der Waals surface area (Å²) in [5.41, 5.74) is -0.597. The highest BCUT2D eigenvalue weighted by atomic mass is 16.2. The first-order chi connectivity index (χ1) is 4.55. The van der Waals surface area contributed by atoms with Gasteiger partial charge >= 0.3 is 11.4 Å². The van der Waals surface area contributed by atoms with Gasteiger partial charge in [-0.3, -0.25) is 0 Å². The standard InChI is InChI=1S/C5H9N3O2/c1-6-4(9)7(2)8(3)5(6)10/h1-3H3. The summed E-state index contributed by atoms with van der Waals surface area (Å²) in [6.45, 7) is 0. The fraction of sp³-hybridized carbons (Fsp3) is 0.600. The largest absolute Gasteiger partial charge is 0.346 e. The van der Waals surface area contributed by atoms with Crippen LogP contribution in [0.15, 0.2) is 9.59 Å². The molecule has 1 aromatic heterocycles. The van der Waals surface area contributed by atoms with Crippen LogP contribution in [0.3, 0.4) is 0 Å². The monoisotopic (exact) mass is 143 g/mol. The Labute approximate surface area is 57.1 Å². The molecule has 0 aliphatic carbocycles. The molecule has 10 heavy (non-hydrogen) atoms. The molecule has 0 N–H and O–H groups in total. The summed E-state index contributed by atoms with van der Waals surface area (Å²) < 4.78 is 3.56. The molecule has 0 aromatic carbocycles. The van der Waals surface area contributed by atoms with E-state index >= 15 is 0 Å². The van der Waals surface area contributed by atoms with Gasteiger partial charge in [-0.1, -0.05) is 0 Å². The number of nitrogens with zero attached hydrogens (tertiary/aromatic N) is 3. The first kappa shape index (κ1) is 6.85. The van der Waals surface area contributed by atoms with Gasteiger partial charge in [-0.15, -0.1) is 0 Å². The molecule has 0 saturated heterocycles. The van der Waals surface area contributed by atoms with E-state index in [1.54, 1.807) is 14.1 Å². The van der Waals surface area contributed by atoms with Crippen molar-refractivity contribution >= 4 is 0 Å². The molecule has 5 heteroatoms. The van der Waals surface area contributed by atoms with Crippen molar-refractivity contribution in [1.29, 1.82) is 0 Å². The molecule has 0 bridgehead atoms. The van der Waals surface area contributed by atoms with Crippen LogP contribution in [0, 0.1) is 0 Å². The Balaban J connectivity index is 3.77. The van der Waals surface area contributed by atoms with Gasteiger partial charge in [0, 0.05) is 21.1 Å². The molecule has 0 aliphatic heterocycles. The summed E-state index contributed by atoms with van der Waals surface area (Å²) in [6, 6.07) is 0. The molecular formula is C5H9N3O2. The van der Waals surface area contributed by atoms with Crippen molar-refractivity contribution < 1.29 is 0 Å². The highest BCUT2D eigenvalue weighted by molar-refractivity contribution is 4.68. The van der Waals surface area contributed by atoms with E-state index in [1.165, 1.54) is 16.4 Å². The zero-order valence-electron chi connectivity index (χ0n) is 6.16. The van der Waals surface area contributed by atoms with Crippen LogP contribution in [0.2, 0.25) is 0 Å². The molecule has 0 unspecified atom stereocenters. The summed E-state index contributed by atoms with van der Waals surface area (Å²) in [5, 5.41) is 0. The maximum Gasteiger partial charge on any atom is 0.346 e. The van der Waals surface area contributed by atoms with E-state index in [9.17, 15) is 9.59 Å². The van der Waals surface area contributed by atoms with Crippen LogP contribution in [-0.2, 0) is 21.1 Å². The van der Waals surface area contributed by atoms with Gasteiger partial charge in [0.2, 0.25) is 0 Å². The Hall–Kier alpha value is -1.26. The van der Waals surface area contributed by atoms with E-state index < -0.39 is 0 Å². The van der Waals surface area contributed by atoms with Gasteiger partial charge in [0.25, 0.3) is 0 Å². The number of hydrogen-bond acceptors (Lipinski definition) is 2. The van der Waals surface area contributed by atoms with Gasteiger partial charge < -0.3 is 0 Å². The molecule has 56 valence electrons. The third kappa shape index (κ3) is 0.632. The predicted molar refractivity (Wildman–Crippen MR) is 35.9 cm³/mol. The van der Waals surface area contributed by atoms with Crippen molar-refractivity contribution in [3.05, 3.63) is 21.0 Å². The van der Waals surface area contributed by atoms with E-state index in [0.29, 0.717) is 0 Å². The molecule has 0 spiro atoms. The maximum atomic E-state index is 10.9. The van der Waals surface area contributed by atoms with E-state index in [2.05, 4.69) is 0 Å². The van der Waals surface area contributed by atoms with Crippen LogP contribution in [0.5, 0.6) is 0 Å². The van der Waals surface area contributed by atoms with E-state index in [0.717, 1.165) is 4.57 Å². The van der Waals surface area contributed by atoms with Gasteiger partial charge in [0.05, 0.1) is 0 Å². The van der Waals surface area contributed by atoms with Gasteiger partial charge in [-0.05, 0) is 0 Å². The second-order valence-corrected chi connectivity index (χ2v) is 2.17. The molecule has 5 nitrogen and oxygen atoms in total. The molecule has 0 radical (unpaired) electrons. The average molecular weight is 143 g/mol. The van der Waals surface area contributed by atoms with Crippen molar-refractivity contribution in [2.24, 2.45) is 21.1 Å². The van der Waals surface area contributed by atoms with Crippen molar-refractivity contribution in [3.63, 3.8) is 0 Å². The zero-order chi connectivity index (χ0) is 7.89. The fourth-order valence-corrected chi connectivity index (χ4v) is 0.773. The third-order valence-electron chi connectivity index (χ3n) is 1.58. The second kappa shape index (κ2) is 1.86. The topological polar surface area (TPSA) is 48.9 Å². The normalized spacial score (nSPS) is 10.3. The predicted octanol–water partition coefficient (Wildman–Crippen LogP) is -1.58. The van der Waals surface area contributed by atoms with Crippen molar-refractivity contribution in [1.82, 2.24) is 13.9 Å². The molecule has 1 rings (SSSR count). The van der Waals surface area contributed by atoms with Crippen LogP contribution in [-0.4, -0.2) is 13.9 Å². The minimum atomic E-state index is -0.299. The SMILES string of the molecule is Cn1c(=O)n(C)n(C)c1=O. The first-order valence-electron chi connectivity index (χ1n) is 2.84. The quantitative estimate of drug-likeness (QED) is 0.440. The van der Waals surface area contributed by atoms with Crippen LogP contribution in [0.1, 0.15) is 0 Å². The van der Waals surface area contributed by atoms with Crippen molar-refractivity contribution in [2.45, 2.75) is 0 Å². The molecule has 0 aliphatic rings. The Morgan fingerprint density at radius 2 is 1.20 bits per heavy atom. The fourth-order valence-electron chi connectivity index (χ4n) is 0.773.